The summed E-state index contributed by atoms with van der Waals surface area (Å²) >= 11 is 0. The van der Waals surface area contributed by atoms with Crippen molar-refractivity contribution < 1.29 is 29.3 Å². The zero-order valence-corrected chi connectivity index (χ0v) is 24.4. The van der Waals surface area contributed by atoms with Gasteiger partial charge in [-0.3, -0.25) is 9.59 Å². The van der Waals surface area contributed by atoms with Crippen molar-refractivity contribution in [2.45, 2.75) is 123 Å². The van der Waals surface area contributed by atoms with Crippen LogP contribution < -0.4 is 10.6 Å². The van der Waals surface area contributed by atoms with E-state index in [1.807, 2.05) is 0 Å². The molecule has 0 bridgehead atoms. The quantitative estimate of drug-likeness (QED) is 0.261. The van der Waals surface area contributed by atoms with Crippen molar-refractivity contribution in [3.05, 3.63) is 29.3 Å². The number of ether oxygens (including phenoxy) is 1. The lowest BCUT2D eigenvalue weighted by Crippen LogP contribution is -2.55. The van der Waals surface area contributed by atoms with Crippen LogP contribution in [0.2, 0.25) is 0 Å². The van der Waals surface area contributed by atoms with E-state index in [4.69, 9.17) is 4.74 Å². The van der Waals surface area contributed by atoms with Crippen LogP contribution in [0.15, 0.2) is 18.2 Å². The summed E-state index contributed by atoms with van der Waals surface area (Å²) < 4.78 is 5.30. The fourth-order valence-corrected chi connectivity index (χ4v) is 4.97. The molecule has 9 heteroatoms. The summed E-state index contributed by atoms with van der Waals surface area (Å²) in [4.78, 5) is 41.7. The maximum absolute atomic E-state index is 13.9. The Morgan fingerprint density at radius 1 is 1.08 bits per heavy atom. The third-order valence-corrected chi connectivity index (χ3v) is 7.03. The Bertz CT molecular complexity index is 939. The van der Waals surface area contributed by atoms with E-state index in [0.717, 1.165) is 57.8 Å². The van der Waals surface area contributed by atoms with Crippen LogP contribution in [0.1, 0.15) is 109 Å². The van der Waals surface area contributed by atoms with E-state index in [-0.39, 0.29) is 24.2 Å². The highest BCUT2D eigenvalue weighted by Gasteiger charge is 2.38. The van der Waals surface area contributed by atoms with E-state index in [1.165, 1.54) is 4.90 Å². The molecule has 0 aliphatic heterocycles. The number of aliphatic hydroxyl groups is 1. The number of aliphatic hydroxyl groups excluding tert-OH is 1. The topological polar surface area (TPSA) is 128 Å². The van der Waals surface area contributed by atoms with Crippen LogP contribution in [0.4, 0.5) is 4.79 Å². The Balaban J connectivity index is 2.44. The zero-order chi connectivity index (χ0) is 29.0. The number of rotatable bonds is 13. The number of alkyl carbamates (subject to hydrolysis) is 1. The number of benzene rings is 1. The molecule has 0 saturated heterocycles. The summed E-state index contributed by atoms with van der Waals surface area (Å²) in [5, 5.41) is 26.7. The first-order chi connectivity index (χ1) is 18.5. The lowest BCUT2D eigenvalue weighted by atomic mass is 9.94. The molecule has 1 saturated carbocycles. The summed E-state index contributed by atoms with van der Waals surface area (Å²) in [6, 6.07) is 2.70. The van der Waals surface area contributed by atoms with Gasteiger partial charge in [0.05, 0.1) is 6.61 Å². The number of carbonyl (C=O) groups is 3. The first kappa shape index (κ1) is 32.4. The molecule has 1 aliphatic rings. The van der Waals surface area contributed by atoms with Gasteiger partial charge in [-0.2, -0.15) is 0 Å². The highest BCUT2D eigenvalue weighted by Crippen LogP contribution is 2.33. The molecule has 2 rings (SSSR count). The van der Waals surface area contributed by atoms with Gasteiger partial charge in [-0.15, -0.1) is 0 Å². The van der Waals surface area contributed by atoms with Gasteiger partial charge in [-0.1, -0.05) is 70.1 Å². The third-order valence-electron chi connectivity index (χ3n) is 7.03. The minimum atomic E-state index is -1.31. The summed E-state index contributed by atoms with van der Waals surface area (Å²) in [6.45, 7) is 8.54. The number of hydrogen-bond acceptors (Lipinski definition) is 6. The van der Waals surface area contributed by atoms with Gasteiger partial charge < -0.3 is 30.5 Å². The molecule has 0 spiro atoms. The van der Waals surface area contributed by atoms with Gasteiger partial charge in [0.25, 0.3) is 0 Å². The van der Waals surface area contributed by atoms with Gasteiger partial charge in [0.2, 0.25) is 11.8 Å². The van der Waals surface area contributed by atoms with E-state index in [0.29, 0.717) is 17.5 Å². The number of hydrogen-bond donors (Lipinski definition) is 4. The molecule has 1 aromatic carbocycles. The Morgan fingerprint density at radius 3 is 2.36 bits per heavy atom. The molecular weight excluding hydrogens is 498 g/mol. The van der Waals surface area contributed by atoms with Crippen molar-refractivity contribution in [3.63, 3.8) is 0 Å². The van der Waals surface area contributed by atoms with Gasteiger partial charge in [-0.25, -0.2) is 4.79 Å². The van der Waals surface area contributed by atoms with Crippen LogP contribution in [-0.2, 0) is 14.3 Å². The molecule has 0 radical (unpaired) electrons. The van der Waals surface area contributed by atoms with Crippen LogP contribution >= 0.6 is 0 Å². The molecule has 1 aliphatic carbocycles. The highest BCUT2D eigenvalue weighted by atomic mass is 16.6. The first-order valence-corrected chi connectivity index (χ1v) is 14.5. The molecule has 9 nitrogen and oxygen atoms in total. The van der Waals surface area contributed by atoms with E-state index in [2.05, 4.69) is 17.6 Å². The van der Waals surface area contributed by atoms with Gasteiger partial charge in [0.15, 0.2) is 0 Å². The molecule has 2 atom stereocenters. The van der Waals surface area contributed by atoms with E-state index < -0.39 is 36.3 Å². The number of phenolic OH excluding ortho intramolecular Hbond substituents is 1. The van der Waals surface area contributed by atoms with Gasteiger partial charge in [-0.05, 0) is 52.5 Å². The Morgan fingerprint density at radius 2 is 1.74 bits per heavy atom. The molecule has 0 aromatic heterocycles. The largest absolute Gasteiger partial charge is 0.507 e. The van der Waals surface area contributed by atoms with Crippen molar-refractivity contribution in [2.24, 2.45) is 0 Å². The summed E-state index contributed by atoms with van der Waals surface area (Å²) in [6.07, 6.45) is 8.70. The second kappa shape index (κ2) is 15.7. The average molecular weight is 548 g/mol. The molecule has 4 N–H and O–H groups in total. The van der Waals surface area contributed by atoms with Gasteiger partial charge >= 0.3 is 6.09 Å². The molecule has 1 fully saturated rings. The molecule has 1 aromatic rings. The molecule has 0 heterocycles. The fourth-order valence-electron chi connectivity index (χ4n) is 4.97. The maximum Gasteiger partial charge on any atom is 0.408 e. The smallest absolute Gasteiger partial charge is 0.408 e. The van der Waals surface area contributed by atoms with E-state index in [9.17, 15) is 24.6 Å². The SMILES string of the molecule is CCCCCCCN(C(=O)C(CO)NC(=O)OC(C)(C)C)C(C(=O)NC1CCCCC1)c1cccc(C)c1O. The van der Waals surface area contributed by atoms with Crippen LogP contribution in [-0.4, -0.2) is 63.9 Å². The standard InChI is InChI=1S/C30H49N3O6/c1-6-7-8-9-13-19-33(28(37)24(20-34)32-29(38)39-30(3,4)5)25(23-18-14-15-21(2)26(23)35)27(36)31-22-16-11-10-12-17-22/h14-15,18,22,24-25,34-35H,6-13,16-17,19-20H2,1-5H3,(H,31,36)(H,32,38). The maximum atomic E-state index is 13.9. The van der Waals surface area contributed by atoms with Crippen LogP contribution in [0.3, 0.4) is 0 Å². The number of carbonyl (C=O) groups excluding carboxylic acids is 3. The number of unbranched alkanes of at least 4 members (excludes halogenated alkanes) is 4. The van der Waals surface area contributed by atoms with Crippen molar-refractivity contribution in [2.75, 3.05) is 13.2 Å². The number of aryl methyl sites for hydroxylation is 1. The lowest BCUT2D eigenvalue weighted by molar-refractivity contribution is -0.143. The fraction of sp³-hybridized carbons (Fsp3) is 0.700. The predicted octanol–water partition coefficient (Wildman–Crippen LogP) is 4.88. The van der Waals surface area contributed by atoms with Crippen molar-refractivity contribution >= 4 is 17.9 Å². The monoisotopic (exact) mass is 547 g/mol. The van der Waals surface area contributed by atoms with Gasteiger partial charge in [0, 0.05) is 18.2 Å². The van der Waals surface area contributed by atoms with Crippen molar-refractivity contribution in [1.29, 1.82) is 0 Å². The molecule has 3 amide bonds. The summed E-state index contributed by atoms with van der Waals surface area (Å²) in [5.41, 5.74) is 0.116. The second-order valence-corrected chi connectivity index (χ2v) is 11.6. The number of para-hydroxylation sites is 1. The predicted molar refractivity (Wildman–Crippen MR) is 151 cm³/mol. The molecular formula is C30H49N3O6. The van der Waals surface area contributed by atoms with Crippen LogP contribution in [0.25, 0.3) is 0 Å². The molecule has 220 valence electrons. The zero-order valence-electron chi connectivity index (χ0n) is 24.4. The number of nitrogens with zero attached hydrogens (tertiary/aromatic N) is 1. The summed E-state index contributed by atoms with van der Waals surface area (Å²) in [5.74, 6) is -1.03. The van der Waals surface area contributed by atoms with E-state index >= 15 is 0 Å². The Labute approximate surface area is 233 Å². The first-order valence-electron chi connectivity index (χ1n) is 14.5. The normalized spacial score (nSPS) is 15.7. The van der Waals surface area contributed by atoms with Crippen molar-refractivity contribution in [1.82, 2.24) is 15.5 Å². The number of aromatic hydroxyl groups is 1. The minimum absolute atomic E-state index is 0.00395. The van der Waals surface area contributed by atoms with Crippen LogP contribution in [0, 0.1) is 6.92 Å². The van der Waals surface area contributed by atoms with Crippen LogP contribution in [0.5, 0.6) is 5.75 Å². The van der Waals surface area contributed by atoms with E-state index in [1.54, 1.807) is 45.9 Å². The second-order valence-electron chi connectivity index (χ2n) is 11.6. The third kappa shape index (κ3) is 10.4. The number of phenols is 1. The lowest BCUT2D eigenvalue weighted by Gasteiger charge is -2.35. The average Bonchev–Trinajstić information content (AvgIpc) is 2.87. The Hall–Kier alpha value is -2.81. The summed E-state index contributed by atoms with van der Waals surface area (Å²) in [7, 11) is 0. The van der Waals surface area contributed by atoms with Gasteiger partial charge in [0.1, 0.15) is 23.4 Å². The van der Waals surface area contributed by atoms with Crippen molar-refractivity contribution in [3.8, 4) is 5.75 Å². The highest BCUT2D eigenvalue weighted by molar-refractivity contribution is 5.92. The Kier molecular flexibility index (Phi) is 13.0. The minimum Gasteiger partial charge on any atom is -0.507 e. The molecule has 2 unspecified atom stereocenters. The molecule has 39 heavy (non-hydrogen) atoms. The number of nitrogens with one attached hydrogen (secondary N) is 2. The number of amides is 3.